The lowest BCUT2D eigenvalue weighted by molar-refractivity contribution is 1.37. The van der Waals surface area contributed by atoms with Crippen molar-refractivity contribution >= 4 is 33.8 Å². The minimum atomic E-state index is 0.577. The molecule has 5 rings (SSSR count). The van der Waals surface area contributed by atoms with E-state index in [4.69, 9.17) is 4.98 Å². The van der Waals surface area contributed by atoms with Gasteiger partial charge in [-0.2, -0.15) is 5.26 Å². The lowest BCUT2D eigenvalue weighted by Gasteiger charge is -2.03. The van der Waals surface area contributed by atoms with Crippen molar-refractivity contribution in [2.24, 2.45) is 0 Å². The first-order valence-corrected chi connectivity index (χ1v) is 10.9. The third-order valence-electron chi connectivity index (χ3n) is 5.27. The van der Waals surface area contributed by atoms with Crippen LogP contribution in [-0.4, -0.2) is 4.98 Å². The molecule has 0 aliphatic rings. The van der Waals surface area contributed by atoms with Gasteiger partial charge in [-0.25, -0.2) is 4.98 Å². The highest BCUT2D eigenvalue weighted by Crippen LogP contribution is 2.30. The van der Waals surface area contributed by atoms with E-state index in [0.29, 0.717) is 5.57 Å². The molecule has 0 fully saturated rings. The fourth-order valence-electron chi connectivity index (χ4n) is 3.67. The quantitative estimate of drug-likeness (QED) is 0.283. The van der Waals surface area contributed by atoms with E-state index in [1.54, 1.807) is 0 Å². The van der Waals surface area contributed by atoms with Crippen LogP contribution in [0.15, 0.2) is 102 Å². The van der Waals surface area contributed by atoms with E-state index in [2.05, 4.69) is 60.7 Å². The molecular formula is C28H18N2S. The summed E-state index contributed by atoms with van der Waals surface area (Å²) in [6.07, 6.45) is 1.93. The van der Waals surface area contributed by atoms with Crippen molar-refractivity contribution in [3.05, 3.63) is 113 Å². The van der Waals surface area contributed by atoms with Crippen LogP contribution in [0.3, 0.4) is 0 Å². The van der Waals surface area contributed by atoms with Gasteiger partial charge in [-0.15, -0.1) is 11.3 Å². The number of nitriles is 1. The predicted molar refractivity (Wildman–Crippen MR) is 130 cm³/mol. The molecule has 0 aliphatic carbocycles. The van der Waals surface area contributed by atoms with Crippen LogP contribution >= 0.6 is 11.3 Å². The number of hydrogen-bond donors (Lipinski definition) is 0. The maximum atomic E-state index is 9.80. The third kappa shape index (κ3) is 3.90. The van der Waals surface area contributed by atoms with Crippen LogP contribution in [0.1, 0.15) is 10.6 Å². The highest BCUT2D eigenvalue weighted by atomic mass is 32.1. The van der Waals surface area contributed by atoms with Crippen molar-refractivity contribution in [2.75, 3.05) is 0 Å². The van der Waals surface area contributed by atoms with E-state index in [9.17, 15) is 5.26 Å². The molecule has 0 radical (unpaired) electrons. The molecule has 0 aliphatic heterocycles. The molecule has 146 valence electrons. The summed E-state index contributed by atoms with van der Waals surface area (Å²) in [7, 11) is 0. The second-order valence-electron chi connectivity index (χ2n) is 7.22. The maximum absolute atomic E-state index is 9.80. The van der Waals surface area contributed by atoms with Crippen LogP contribution in [0.4, 0.5) is 0 Å². The van der Waals surface area contributed by atoms with Crippen LogP contribution in [0.2, 0.25) is 0 Å². The molecule has 3 heteroatoms. The van der Waals surface area contributed by atoms with E-state index in [0.717, 1.165) is 32.6 Å². The molecule has 0 bridgehead atoms. The molecule has 2 nitrogen and oxygen atoms in total. The Balaban J connectivity index is 1.46. The molecule has 1 heterocycles. The van der Waals surface area contributed by atoms with Crippen molar-refractivity contribution in [1.82, 2.24) is 4.98 Å². The Bertz CT molecular complexity index is 1420. The summed E-state index contributed by atoms with van der Waals surface area (Å²) in [6.45, 7) is 0. The van der Waals surface area contributed by atoms with E-state index >= 15 is 0 Å². The average molecular weight is 415 g/mol. The number of benzene rings is 4. The largest absolute Gasteiger partial charge is 0.235 e. The predicted octanol–water partition coefficient (Wildman–Crippen LogP) is 7.69. The van der Waals surface area contributed by atoms with Gasteiger partial charge in [-0.05, 0) is 33.5 Å². The second kappa shape index (κ2) is 8.39. The summed E-state index contributed by atoms with van der Waals surface area (Å²) < 4.78 is 0. The van der Waals surface area contributed by atoms with Gasteiger partial charge in [0.15, 0.2) is 0 Å². The molecule has 0 saturated heterocycles. The first-order valence-electron chi connectivity index (χ1n) is 10.0. The molecule has 0 amide bonds. The first kappa shape index (κ1) is 19.0. The van der Waals surface area contributed by atoms with E-state index in [1.807, 2.05) is 53.9 Å². The fraction of sp³-hybridized carbons (Fsp3) is 0. The average Bonchev–Trinajstić information content (AvgIpc) is 3.33. The SMILES string of the molecule is N#C/C(=C\c1cccc2ccccc12)c1nc(-c2ccc(-c3ccccc3)cc2)cs1. The zero-order chi connectivity index (χ0) is 21.0. The van der Waals surface area contributed by atoms with Crippen LogP contribution in [0.25, 0.3) is 44.8 Å². The van der Waals surface area contributed by atoms with Gasteiger partial charge in [0.2, 0.25) is 0 Å². The zero-order valence-electron chi connectivity index (χ0n) is 16.7. The molecule has 0 unspecified atom stereocenters. The van der Waals surface area contributed by atoms with Crippen molar-refractivity contribution in [1.29, 1.82) is 5.26 Å². The van der Waals surface area contributed by atoms with Crippen LogP contribution in [0.5, 0.6) is 0 Å². The number of rotatable bonds is 4. The van der Waals surface area contributed by atoms with Crippen LogP contribution < -0.4 is 0 Å². The Labute approximate surface area is 185 Å². The van der Waals surface area contributed by atoms with Gasteiger partial charge >= 0.3 is 0 Å². The molecule has 5 aromatic rings. The topological polar surface area (TPSA) is 36.7 Å². The highest BCUT2D eigenvalue weighted by Gasteiger charge is 2.10. The third-order valence-corrected chi connectivity index (χ3v) is 6.14. The van der Waals surface area contributed by atoms with Crippen molar-refractivity contribution < 1.29 is 0 Å². The second-order valence-corrected chi connectivity index (χ2v) is 8.08. The summed E-state index contributed by atoms with van der Waals surface area (Å²) >= 11 is 1.50. The van der Waals surface area contributed by atoms with Gasteiger partial charge in [-0.1, -0.05) is 97.1 Å². The Morgan fingerprint density at radius 3 is 2.23 bits per heavy atom. The fourth-order valence-corrected chi connectivity index (χ4v) is 4.46. The molecule has 4 aromatic carbocycles. The zero-order valence-corrected chi connectivity index (χ0v) is 17.5. The summed E-state index contributed by atoms with van der Waals surface area (Å²) in [4.78, 5) is 4.76. The minimum Gasteiger partial charge on any atom is -0.235 e. The Kier molecular flexibility index (Phi) is 5.14. The maximum Gasteiger partial charge on any atom is 0.134 e. The number of allylic oxidation sites excluding steroid dienone is 1. The van der Waals surface area contributed by atoms with Gasteiger partial charge in [0.25, 0.3) is 0 Å². The number of hydrogen-bond acceptors (Lipinski definition) is 3. The molecule has 0 saturated carbocycles. The lowest BCUT2D eigenvalue weighted by Crippen LogP contribution is -1.84. The number of thiazole rings is 1. The smallest absolute Gasteiger partial charge is 0.134 e. The number of aromatic nitrogens is 1. The van der Waals surface area contributed by atoms with Gasteiger partial charge in [0, 0.05) is 10.9 Å². The van der Waals surface area contributed by atoms with Gasteiger partial charge in [0.1, 0.15) is 11.1 Å². The standard InChI is InChI=1S/C28H18N2S/c29-18-25(17-24-11-6-10-22-9-4-5-12-26(22)24)28-30-27(19-31-28)23-15-13-21(14-16-23)20-7-2-1-3-8-20/h1-17,19H/b25-17+. The summed E-state index contributed by atoms with van der Waals surface area (Å²) in [5.74, 6) is 0. The van der Waals surface area contributed by atoms with Gasteiger partial charge < -0.3 is 0 Å². The Morgan fingerprint density at radius 1 is 0.742 bits per heavy atom. The minimum absolute atomic E-state index is 0.577. The van der Waals surface area contributed by atoms with Crippen molar-refractivity contribution in [3.8, 4) is 28.5 Å². The number of nitrogens with zero attached hydrogens (tertiary/aromatic N) is 2. The van der Waals surface area contributed by atoms with E-state index in [-0.39, 0.29) is 0 Å². The van der Waals surface area contributed by atoms with Crippen molar-refractivity contribution in [3.63, 3.8) is 0 Å². The lowest BCUT2D eigenvalue weighted by atomic mass is 10.0. The monoisotopic (exact) mass is 414 g/mol. The normalized spacial score (nSPS) is 11.4. The molecule has 0 atom stereocenters. The Morgan fingerprint density at radius 2 is 1.42 bits per heavy atom. The molecular weight excluding hydrogens is 396 g/mol. The van der Waals surface area contributed by atoms with Gasteiger partial charge in [-0.3, -0.25) is 0 Å². The summed E-state index contributed by atoms with van der Waals surface area (Å²) in [6, 6.07) is 35.4. The first-order chi connectivity index (χ1) is 15.3. The van der Waals surface area contributed by atoms with Crippen LogP contribution in [-0.2, 0) is 0 Å². The molecule has 0 spiro atoms. The van der Waals surface area contributed by atoms with Crippen molar-refractivity contribution in [2.45, 2.75) is 0 Å². The summed E-state index contributed by atoms with van der Waals surface area (Å²) in [5.41, 5.74) is 5.90. The van der Waals surface area contributed by atoms with Gasteiger partial charge in [0.05, 0.1) is 11.3 Å². The van der Waals surface area contributed by atoms with E-state index < -0.39 is 0 Å². The Hall–Kier alpha value is -4.00. The summed E-state index contributed by atoms with van der Waals surface area (Å²) in [5, 5.41) is 14.8. The highest BCUT2D eigenvalue weighted by molar-refractivity contribution is 7.11. The molecule has 1 aromatic heterocycles. The molecule has 31 heavy (non-hydrogen) atoms. The number of fused-ring (bicyclic) bond motifs is 1. The van der Waals surface area contributed by atoms with E-state index in [1.165, 1.54) is 22.5 Å². The van der Waals surface area contributed by atoms with Crippen LogP contribution in [0, 0.1) is 11.3 Å². The molecule has 0 N–H and O–H groups in total.